The van der Waals surface area contributed by atoms with Crippen molar-refractivity contribution in [3.05, 3.63) is 0 Å². The highest BCUT2D eigenvalue weighted by molar-refractivity contribution is 5.78. The van der Waals surface area contributed by atoms with Gasteiger partial charge in [0.2, 0.25) is 0 Å². The zero-order chi connectivity index (χ0) is 9.68. The van der Waals surface area contributed by atoms with Crippen molar-refractivity contribution in [3.8, 4) is 0 Å². The van der Waals surface area contributed by atoms with E-state index < -0.39 is 0 Å². The summed E-state index contributed by atoms with van der Waals surface area (Å²) in [5, 5.41) is 3.22. The first-order valence-corrected chi connectivity index (χ1v) is 4.49. The molecule has 0 spiro atoms. The van der Waals surface area contributed by atoms with Crippen LogP contribution in [0.15, 0.2) is 4.99 Å². The SMILES string of the molecule is NC(N)=NC(C=O)C1CCNCC1. The van der Waals surface area contributed by atoms with E-state index in [1.54, 1.807) is 0 Å². The van der Waals surface area contributed by atoms with Gasteiger partial charge < -0.3 is 21.6 Å². The molecule has 74 valence electrons. The molecule has 1 saturated heterocycles. The summed E-state index contributed by atoms with van der Waals surface area (Å²) < 4.78 is 0. The third-order valence-electron chi connectivity index (χ3n) is 2.30. The number of hydrogen-bond acceptors (Lipinski definition) is 3. The van der Waals surface area contributed by atoms with E-state index in [-0.39, 0.29) is 12.0 Å². The third kappa shape index (κ3) is 3.02. The van der Waals surface area contributed by atoms with E-state index in [0.717, 1.165) is 32.2 Å². The summed E-state index contributed by atoms with van der Waals surface area (Å²) in [6.45, 7) is 1.88. The highest BCUT2D eigenvalue weighted by Crippen LogP contribution is 2.17. The molecule has 1 heterocycles. The molecule has 0 aliphatic carbocycles. The van der Waals surface area contributed by atoms with E-state index >= 15 is 0 Å². The molecule has 1 aliphatic heterocycles. The quantitative estimate of drug-likeness (QED) is 0.292. The van der Waals surface area contributed by atoms with Crippen molar-refractivity contribution in [2.45, 2.75) is 18.9 Å². The fourth-order valence-corrected chi connectivity index (χ4v) is 1.60. The number of aliphatic imine (C=N–C) groups is 1. The van der Waals surface area contributed by atoms with Crippen LogP contribution in [0, 0.1) is 5.92 Å². The van der Waals surface area contributed by atoms with E-state index in [0.29, 0.717) is 5.92 Å². The molecule has 0 radical (unpaired) electrons. The fourth-order valence-electron chi connectivity index (χ4n) is 1.60. The van der Waals surface area contributed by atoms with Gasteiger partial charge in [0, 0.05) is 0 Å². The van der Waals surface area contributed by atoms with Crippen LogP contribution in [-0.4, -0.2) is 31.4 Å². The summed E-state index contributed by atoms with van der Waals surface area (Å²) >= 11 is 0. The van der Waals surface area contributed by atoms with Crippen LogP contribution in [-0.2, 0) is 4.79 Å². The number of nitrogens with two attached hydrogens (primary N) is 2. The summed E-state index contributed by atoms with van der Waals surface area (Å²) in [6.07, 6.45) is 2.75. The third-order valence-corrected chi connectivity index (χ3v) is 2.30. The van der Waals surface area contributed by atoms with Gasteiger partial charge in [-0.2, -0.15) is 0 Å². The summed E-state index contributed by atoms with van der Waals surface area (Å²) in [5.41, 5.74) is 10.5. The molecule has 13 heavy (non-hydrogen) atoms. The predicted octanol–water partition coefficient (Wildman–Crippen LogP) is -1.17. The van der Waals surface area contributed by atoms with Crippen molar-refractivity contribution in [2.75, 3.05) is 13.1 Å². The molecule has 0 bridgehead atoms. The lowest BCUT2D eigenvalue weighted by molar-refractivity contribution is -0.110. The van der Waals surface area contributed by atoms with Crippen molar-refractivity contribution in [2.24, 2.45) is 22.4 Å². The largest absolute Gasteiger partial charge is 0.370 e. The zero-order valence-electron chi connectivity index (χ0n) is 7.57. The van der Waals surface area contributed by atoms with Gasteiger partial charge in [0.25, 0.3) is 0 Å². The minimum absolute atomic E-state index is 0.00404. The van der Waals surface area contributed by atoms with E-state index in [1.807, 2.05) is 0 Å². The molecule has 0 saturated carbocycles. The molecule has 1 fully saturated rings. The molecule has 1 unspecified atom stereocenters. The molecule has 5 nitrogen and oxygen atoms in total. The number of nitrogens with one attached hydrogen (secondary N) is 1. The standard InChI is InChI=1S/C8H16N4O/c9-8(10)12-7(5-13)6-1-3-11-4-2-6/h5-7,11H,1-4H2,(H4,9,10,12). The Morgan fingerprint density at radius 1 is 1.46 bits per heavy atom. The summed E-state index contributed by atoms with van der Waals surface area (Å²) in [6, 6.07) is -0.355. The van der Waals surface area contributed by atoms with Gasteiger partial charge in [0.15, 0.2) is 5.96 Å². The Labute approximate surface area is 77.6 Å². The van der Waals surface area contributed by atoms with Crippen LogP contribution in [0.2, 0.25) is 0 Å². The van der Waals surface area contributed by atoms with Crippen LogP contribution in [0.4, 0.5) is 0 Å². The Hall–Kier alpha value is -1.10. The number of guanidine groups is 1. The van der Waals surface area contributed by atoms with Crippen molar-refractivity contribution in [1.29, 1.82) is 0 Å². The number of rotatable bonds is 3. The van der Waals surface area contributed by atoms with Crippen LogP contribution < -0.4 is 16.8 Å². The Balaban J connectivity index is 2.54. The summed E-state index contributed by atoms with van der Waals surface area (Å²) in [7, 11) is 0. The van der Waals surface area contributed by atoms with Crippen LogP contribution in [0.1, 0.15) is 12.8 Å². The maximum absolute atomic E-state index is 10.7. The Kier molecular flexibility index (Phi) is 3.70. The van der Waals surface area contributed by atoms with Gasteiger partial charge in [-0.3, -0.25) is 0 Å². The maximum atomic E-state index is 10.7. The number of aldehydes is 1. The molecular weight excluding hydrogens is 168 g/mol. The van der Waals surface area contributed by atoms with Crippen molar-refractivity contribution < 1.29 is 4.79 Å². The van der Waals surface area contributed by atoms with Crippen molar-refractivity contribution >= 4 is 12.2 Å². The second-order valence-corrected chi connectivity index (χ2v) is 3.27. The van der Waals surface area contributed by atoms with Crippen LogP contribution in [0.5, 0.6) is 0 Å². The first-order valence-electron chi connectivity index (χ1n) is 4.49. The number of carbonyl (C=O) groups excluding carboxylic acids is 1. The van der Waals surface area contributed by atoms with Gasteiger partial charge in [-0.05, 0) is 31.8 Å². The summed E-state index contributed by atoms with van der Waals surface area (Å²) in [5.74, 6) is 0.288. The molecule has 0 aromatic carbocycles. The minimum atomic E-state index is -0.355. The molecule has 0 amide bonds. The minimum Gasteiger partial charge on any atom is -0.370 e. The average molecular weight is 184 g/mol. The Morgan fingerprint density at radius 2 is 2.08 bits per heavy atom. The fraction of sp³-hybridized carbons (Fsp3) is 0.750. The van der Waals surface area contributed by atoms with Crippen LogP contribution in [0.25, 0.3) is 0 Å². The second-order valence-electron chi connectivity index (χ2n) is 3.27. The van der Waals surface area contributed by atoms with Crippen molar-refractivity contribution in [3.63, 3.8) is 0 Å². The van der Waals surface area contributed by atoms with Gasteiger partial charge in [-0.25, -0.2) is 4.99 Å². The van der Waals surface area contributed by atoms with Gasteiger partial charge >= 0.3 is 0 Å². The molecule has 5 N–H and O–H groups in total. The van der Waals surface area contributed by atoms with E-state index in [1.165, 1.54) is 0 Å². The molecule has 0 aromatic heterocycles. The van der Waals surface area contributed by atoms with Crippen molar-refractivity contribution in [1.82, 2.24) is 5.32 Å². The molecule has 1 atom stereocenters. The Bertz CT molecular complexity index is 194. The second kappa shape index (κ2) is 4.81. The number of carbonyl (C=O) groups is 1. The first-order chi connectivity index (χ1) is 6.24. The molecular formula is C8H16N4O. The van der Waals surface area contributed by atoms with Gasteiger partial charge in [0.05, 0.1) is 0 Å². The highest BCUT2D eigenvalue weighted by Gasteiger charge is 2.22. The predicted molar refractivity (Wildman–Crippen MR) is 51.3 cm³/mol. The van der Waals surface area contributed by atoms with Gasteiger partial charge in [0.1, 0.15) is 12.3 Å². The average Bonchev–Trinajstić information content (AvgIpc) is 2.15. The van der Waals surface area contributed by atoms with Gasteiger partial charge in [-0.1, -0.05) is 0 Å². The smallest absolute Gasteiger partial charge is 0.186 e. The van der Waals surface area contributed by atoms with Crippen LogP contribution in [0.3, 0.4) is 0 Å². The maximum Gasteiger partial charge on any atom is 0.186 e. The molecule has 1 rings (SSSR count). The lowest BCUT2D eigenvalue weighted by Gasteiger charge is -2.24. The topological polar surface area (TPSA) is 93.5 Å². The van der Waals surface area contributed by atoms with E-state index in [4.69, 9.17) is 11.5 Å². The van der Waals surface area contributed by atoms with E-state index in [2.05, 4.69) is 10.3 Å². The molecule has 5 heteroatoms. The molecule has 0 aromatic rings. The first kappa shape index (κ1) is 9.98. The highest BCUT2D eigenvalue weighted by atomic mass is 16.1. The Morgan fingerprint density at radius 3 is 2.54 bits per heavy atom. The lowest BCUT2D eigenvalue weighted by Crippen LogP contribution is -2.36. The molecule has 1 aliphatic rings. The monoisotopic (exact) mass is 184 g/mol. The van der Waals surface area contributed by atoms with Crippen LogP contribution >= 0.6 is 0 Å². The van der Waals surface area contributed by atoms with E-state index in [9.17, 15) is 4.79 Å². The number of hydrogen-bond donors (Lipinski definition) is 3. The normalized spacial score (nSPS) is 20.6. The number of piperidine rings is 1. The lowest BCUT2D eigenvalue weighted by atomic mass is 9.91. The number of nitrogens with zero attached hydrogens (tertiary/aromatic N) is 1. The zero-order valence-corrected chi connectivity index (χ0v) is 7.57. The van der Waals surface area contributed by atoms with Gasteiger partial charge in [-0.15, -0.1) is 0 Å². The summed E-state index contributed by atoms with van der Waals surface area (Å²) in [4.78, 5) is 14.6.